The van der Waals surface area contributed by atoms with Gasteiger partial charge in [-0.25, -0.2) is 4.57 Å². The van der Waals surface area contributed by atoms with Crippen LogP contribution in [0.15, 0.2) is 42.6 Å². The van der Waals surface area contributed by atoms with Crippen LogP contribution >= 0.6 is 11.6 Å². The standard InChI is InChI=1S/C14H12ClN2O2.HI/c1-16-9-3-2-4-12(16)6-5-11-10-13(17(18)19)7-8-14(11)15;/h2-10H,1H3;1H/q+1;/p-1. The van der Waals surface area contributed by atoms with Gasteiger partial charge in [-0.2, -0.15) is 0 Å². The number of pyridine rings is 1. The van der Waals surface area contributed by atoms with Crippen LogP contribution in [0, 0.1) is 10.1 Å². The van der Waals surface area contributed by atoms with Crippen molar-refractivity contribution >= 4 is 29.4 Å². The minimum atomic E-state index is -0.434. The molecule has 0 radical (unpaired) electrons. The number of aryl methyl sites for hydroxylation is 1. The summed E-state index contributed by atoms with van der Waals surface area (Å²) in [6.45, 7) is 0. The summed E-state index contributed by atoms with van der Waals surface area (Å²) in [5.41, 5.74) is 1.63. The van der Waals surface area contributed by atoms with E-state index in [0.29, 0.717) is 10.6 Å². The molecule has 0 aliphatic rings. The summed E-state index contributed by atoms with van der Waals surface area (Å²) in [5, 5.41) is 11.2. The van der Waals surface area contributed by atoms with Gasteiger partial charge in [0.15, 0.2) is 6.20 Å². The molecule has 0 N–H and O–H groups in total. The summed E-state index contributed by atoms with van der Waals surface area (Å²) in [6, 6.07) is 10.2. The Kier molecular flexibility index (Phi) is 6.09. The van der Waals surface area contributed by atoms with Crippen LogP contribution in [0.1, 0.15) is 11.3 Å². The summed E-state index contributed by atoms with van der Waals surface area (Å²) < 4.78 is 1.95. The second-order valence-corrected chi connectivity index (χ2v) is 4.44. The Labute approximate surface area is 138 Å². The molecule has 20 heavy (non-hydrogen) atoms. The number of aromatic nitrogens is 1. The van der Waals surface area contributed by atoms with Crippen molar-refractivity contribution in [1.82, 2.24) is 0 Å². The largest absolute Gasteiger partial charge is 1.00 e. The summed E-state index contributed by atoms with van der Waals surface area (Å²) in [7, 11) is 1.93. The zero-order valence-electron chi connectivity index (χ0n) is 10.7. The van der Waals surface area contributed by atoms with Gasteiger partial charge in [-0.15, -0.1) is 0 Å². The van der Waals surface area contributed by atoms with Gasteiger partial charge in [-0.05, 0) is 18.2 Å². The molecule has 0 saturated carbocycles. The van der Waals surface area contributed by atoms with Crippen molar-refractivity contribution in [2.24, 2.45) is 7.05 Å². The Balaban J connectivity index is 0.00000200. The van der Waals surface area contributed by atoms with Gasteiger partial charge in [0.25, 0.3) is 5.69 Å². The molecule has 1 aromatic heterocycles. The molecule has 0 fully saturated rings. The molecular formula is C14H12ClIN2O2. The topological polar surface area (TPSA) is 47.0 Å². The van der Waals surface area contributed by atoms with E-state index < -0.39 is 4.92 Å². The van der Waals surface area contributed by atoms with Crippen molar-refractivity contribution in [3.8, 4) is 0 Å². The third-order valence-corrected chi connectivity index (χ3v) is 3.06. The van der Waals surface area contributed by atoms with Gasteiger partial charge in [-0.3, -0.25) is 10.1 Å². The summed E-state index contributed by atoms with van der Waals surface area (Å²) in [5.74, 6) is 0. The fraction of sp³-hybridized carbons (Fsp3) is 0.0714. The molecule has 0 aliphatic carbocycles. The lowest BCUT2D eigenvalue weighted by Crippen LogP contribution is -3.00. The Morgan fingerprint density at radius 1 is 1.25 bits per heavy atom. The highest BCUT2D eigenvalue weighted by atomic mass is 127. The van der Waals surface area contributed by atoms with E-state index >= 15 is 0 Å². The monoisotopic (exact) mass is 402 g/mol. The number of hydrogen-bond donors (Lipinski definition) is 0. The van der Waals surface area contributed by atoms with E-state index in [1.807, 2.05) is 42.1 Å². The number of benzene rings is 1. The summed E-state index contributed by atoms with van der Waals surface area (Å²) in [6.07, 6.45) is 5.56. The Hall–Kier alpha value is -1.47. The van der Waals surface area contributed by atoms with Gasteiger partial charge in [0.1, 0.15) is 7.05 Å². The van der Waals surface area contributed by atoms with E-state index in [0.717, 1.165) is 5.69 Å². The Morgan fingerprint density at radius 2 is 2.00 bits per heavy atom. The third kappa shape index (κ3) is 4.01. The number of nitro benzene ring substituents is 1. The highest BCUT2D eigenvalue weighted by molar-refractivity contribution is 6.32. The van der Waals surface area contributed by atoms with Gasteiger partial charge in [-0.1, -0.05) is 11.6 Å². The van der Waals surface area contributed by atoms with E-state index in [-0.39, 0.29) is 29.7 Å². The predicted molar refractivity (Wildman–Crippen MR) is 74.7 cm³/mol. The molecule has 2 aromatic rings. The fourth-order valence-corrected chi connectivity index (χ4v) is 1.84. The molecule has 0 atom stereocenters. The highest BCUT2D eigenvalue weighted by Crippen LogP contribution is 2.23. The maximum absolute atomic E-state index is 10.7. The molecule has 2 rings (SSSR count). The molecular weight excluding hydrogens is 391 g/mol. The molecule has 0 bridgehead atoms. The van der Waals surface area contributed by atoms with Crippen LogP contribution in [0.4, 0.5) is 5.69 Å². The zero-order chi connectivity index (χ0) is 13.8. The minimum Gasteiger partial charge on any atom is -1.00 e. The third-order valence-electron chi connectivity index (χ3n) is 2.72. The first-order valence-corrected chi connectivity index (χ1v) is 6.02. The Morgan fingerprint density at radius 3 is 2.65 bits per heavy atom. The normalized spacial score (nSPS) is 10.3. The van der Waals surface area contributed by atoms with Gasteiger partial charge < -0.3 is 24.0 Å². The smallest absolute Gasteiger partial charge is 0.270 e. The highest BCUT2D eigenvalue weighted by Gasteiger charge is 2.08. The molecule has 0 unspecified atom stereocenters. The van der Waals surface area contributed by atoms with Crippen LogP contribution in [0.25, 0.3) is 12.2 Å². The first kappa shape index (κ1) is 16.6. The van der Waals surface area contributed by atoms with Crippen molar-refractivity contribution in [2.45, 2.75) is 0 Å². The minimum absolute atomic E-state index is 0. The molecule has 104 valence electrons. The molecule has 1 heterocycles. The van der Waals surface area contributed by atoms with Crippen molar-refractivity contribution in [2.75, 3.05) is 0 Å². The van der Waals surface area contributed by atoms with Crippen molar-refractivity contribution in [3.63, 3.8) is 0 Å². The quantitative estimate of drug-likeness (QED) is 0.320. The molecule has 0 saturated heterocycles. The second-order valence-electron chi connectivity index (χ2n) is 4.03. The average Bonchev–Trinajstić information content (AvgIpc) is 2.39. The van der Waals surface area contributed by atoms with Crippen molar-refractivity contribution in [1.29, 1.82) is 0 Å². The number of nitro groups is 1. The molecule has 0 amide bonds. The molecule has 1 aromatic carbocycles. The lowest BCUT2D eigenvalue weighted by atomic mass is 10.1. The number of rotatable bonds is 3. The van der Waals surface area contributed by atoms with E-state index in [4.69, 9.17) is 11.6 Å². The summed E-state index contributed by atoms with van der Waals surface area (Å²) in [4.78, 5) is 10.3. The molecule has 4 nitrogen and oxygen atoms in total. The van der Waals surface area contributed by atoms with Crippen LogP contribution < -0.4 is 28.5 Å². The molecule has 6 heteroatoms. The molecule has 0 aliphatic heterocycles. The number of hydrogen-bond acceptors (Lipinski definition) is 2. The second kappa shape index (κ2) is 7.35. The van der Waals surface area contributed by atoms with E-state index in [2.05, 4.69) is 0 Å². The van der Waals surface area contributed by atoms with Gasteiger partial charge >= 0.3 is 0 Å². The maximum atomic E-state index is 10.7. The fourth-order valence-electron chi connectivity index (χ4n) is 1.66. The first-order valence-electron chi connectivity index (χ1n) is 5.64. The van der Waals surface area contributed by atoms with Gasteiger partial charge in [0.2, 0.25) is 5.69 Å². The zero-order valence-corrected chi connectivity index (χ0v) is 13.6. The van der Waals surface area contributed by atoms with Crippen LogP contribution in [0.5, 0.6) is 0 Å². The number of nitrogens with zero attached hydrogens (tertiary/aromatic N) is 2. The van der Waals surface area contributed by atoms with Gasteiger partial charge in [0.05, 0.1) is 4.92 Å². The van der Waals surface area contributed by atoms with Crippen LogP contribution in [-0.2, 0) is 7.05 Å². The summed E-state index contributed by atoms with van der Waals surface area (Å²) >= 11 is 6.03. The van der Waals surface area contributed by atoms with E-state index in [1.165, 1.54) is 18.2 Å². The number of halogens is 2. The SMILES string of the molecule is C[n+]1ccccc1C=Cc1cc([N+](=O)[O-])ccc1Cl.[I-]. The first-order chi connectivity index (χ1) is 9.08. The lowest BCUT2D eigenvalue weighted by molar-refractivity contribution is -0.673. The van der Waals surface area contributed by atoms with Crippen LogP contribution in [0.3, 0.4) is 0 Å². The number of non-ortho nitro benzene ring substituents is 1. The van der Waals surface area contributed by atoms with Crippen molar-refractivity contribution in [3.05, 3.63) is 69.0 Å². The van der Waals surface area contributed by atoms with Crippen LogP contribution in [-0.4, -0.2) is 4.92 Å². The van der Waals surface area contributed by atoms with Gasteiger partial charge in [0, 0.05) is 40.9 Å². The molecule has 0 spiro atoms. The average molecular weight is 403 g/mol. The predicted octanol–water partition coefficient (Wildman–Crippen LogP) is 0.247. The van der Waals surface area contributed by atoms with E-state index in [9.17, 15) is 10.1 Å². The van der Waals surface area contributed by atoms with Crippen molar-refractivity contribution < 1.29 is 33.5 Å². The van der Waals surface area contributed by atoms with E-state index in [1.54, 1.807) is 6.08 Å². The Bertz CT molecular complexity index is 659. The van der Waals surface area contributed by atoms with Crippen LogP contribution in [0.2, 0.25) is 5.02 Å². The maximum Gasteiger partial charge on any atom is 0.270 e. The lowest BCUT2D eigenvalue weighted by Gasteiger charge is -1.98.